The smallest absolute Gasteiger partial charge is 0.193 e. The molecule has 0 aromatic heterocycles. The Morgan fingerprint density at radius 1 is 1.07 bits per heavy atom. The number of guanidine groups is 1. The van der Waals surface area contributed by atoms with Gasteiger partial charge in [0.2, 0.25) is 0 Å². The quantitative estimate of drug-likeness (QED) is 0.618. The largest absolute Gasteiger partial charge is 0.379 e. The van der Waals surface area contributed by atoms with Gasteiger partial charge in [0, 0.05) is 46.8 Å². The van der Waals surface area contributed by atoms with Crippen LogP contribution in [0.4, 0.5) is 0 Å². The molecule has 0 bridgehead atoms. The molecule has 5 nitrogen and oxygen atoms in total. The lowest BCUT2D eigenvalue weighted by Crippen LogP contribution is -2.38. The van der Waals surface area contributed by atoms with Crippen LogP contribution in [0.25, 0.3) is 0 Å². The summed E-state index contributed by atoms with van der Waals surface area (Å²) >= 11 is 0. The molecule has 5 heteroatoms. The predicted molar refractivity (Wildman–Crippen MR) is 115 cm³/mol. The Bertz CT molecular complexity index is 766. The second-order valence-corrected chi connectivity index (χ2v) is 7.40. The molecule has 2 aromatic carbocycles. The molecule has 0 aliphatic carbocycles. The van der Waals surface area contributed by atoms with Crippen LogP contribution in [0.3, 0.4) is 0 Å². The second-order valence-electron chi connectivity index (χ2n) is 7.40. The van der Waals surface area contributed by atoms with Gasteiger partial charge in [0.15, 0.2) is 5.96 Å². The normalized spacial score (nSPS) is 15.5. The van der Waals surface area contributed by atoms with Crippen molar-refractivity contribution in [3.05, 3.63) is 70.8 Å². The molecule has 2 aromatic rings. The van der Waals surface area contributed by atoms with Crippen LogP contribution in [0, 0.1) is 6.92 Å². The van der Waals surface area contributed by atoms with Crippen molar-refractivity contribution in [2.75, 3.05) is 40.4 Å². The van der Waals surface area contributed by atoms with Gasteiger partial charge in [-0.15, -0.1) is 0 Å². The molecular formula is C23H32N4O. The van der Waals surface area contributed by atoms with Crippen LogP contribution < -0.4 is 5.32 Å². The van der Waals surface area contributed by atoms with Crippen LogP contribution in [0.15, 0.2) is 53.5 Å². The van der Waals surface area contributed by atoms with Crippen molar-refractivity contribution in [3.8, 4) is 0 Å². The zero-order chi connectivity index (χ0) is 19.8. The van der Waals surface area contributed by atoms with E-state index in [1.165, 1.54) is 22.3 Å². The van der Waals surface area contributed by atoms with Crippen molar-refractivity contribution >= 4 is 5.96 Å². The first kappa shape index (κ1) is 20.4. The average molecular weight is 381 g/mol. The highest BCUT2D eigenvalue weighted by Gasteiger charge is 2.13. The van der Waals surface area contributed by atoms with Gasteiger partial charge in [-0.2, -0.15) is 0 Å². The highest BCUT2D eigenvalue weighted by molar-refractivity contribution is 5.79. The molecule has 0 saturated carbocycles. The summed E-state index contributed by atoms with van der Waals surface area (Å²) in [5.74, 6) is 0.904. The fourth-order valence-electron chi connectivity index (χ4n) is 3.49. The van der Waals surface area contributed by atoms with Crippen molar-refractivity contribution < 1.29 is 4.74 Å². The molecule has 28 heavy (non-hydrogen) atoms. The first-order chi connectivity index (χ1) is 13.7. The first-order valence-electron chi connectivity index (χ1n) is 10.00. The summed E-state index contributed by atoms with van der Waals surface area (Å²) < 4.78 is 5.47. The van der Waals surface area contributed by atoms with E-state index < -0.39 is 0 Å². The topological polar surface area (TPSA) is 40.1 Å². The van der Waals surface area contributed by atoms with Crippen LogP contribution in [-0.4, -0.2) is 56.2 Å². The maximum atomic E-state index is 5.47. The van der Waals surface area contributed by atoms with E-state index in [0.717, 1.165) is 51.9 Å². The number of hydrogen-bond donors (Lipinski definition) is 1. The molecule has 1 N–H and O–H groups in total. The first-order valence-corrected chi connectivity index (χ1v) is 10.00. The summed E-state index contributed by atoms with van der Waals surface area (Å²) in [4.78, 5) is 9.09. The molecule has 1 heterocycles. The van der Waals surface area contributed by atoms with Crippen molar-refractivity contribution in [2.45, 2.75) is 26.6 Å². The number of aryl methyl sites for hydroxylation is 1. The van der Waals surface area contributed by atoms with Gasteiger partial charge in [-0.25, -0.2) is 0 Å². The molecular weight excluding hydrogens is 348 g/mol. The number of nitrogens with one attached hydrogen (secondary N) is 1. The lowest BCUT2D eigenvalue weighted by molar-refractivity contribution is 0.0341. The summed E-state index contributed by atoms with van der Waals surface area (Å²) in [5, 5.41) is 3.53. The third-order valence-corrected chi connectivity index (χ3v) is 5.17. The Hall–Kier alpha value is -2.37. The predicted octanol–water partition coefficient (Wildman–Crippen LogP) is 3.03. The average Bonchev–Trinajstić information content (AvgIpc) is 2.72. The van der Waals surface area contributed by atoms with E-state index in [9.17, 15) is 0 Å². The van der Waals surface area contributed by atoms with E-state index in [2.05, 4.69) is 82.6 Å². The van der Waals surface area contributed by atoms with Gasteiger partial charge in [0.25, 0.3) is 0 Å². The minimum atomic E-state index is 0.769. The Morgan fingerprint density at radius 2 is 1.75 bits per heavy atom. The molecule has 0 amide bonds. The fourth-order valence-corrected chi connectivity index (χ4v) is 3.49. The van der Waals surface area contributed by atoms with Gasteiger partial charge in [-0.3, -0.25) is 9.89 Å². The minimum Gasteiger partial charge on any atom is -0.379 e. The van der Waals surface area contributed by atoms with E-state index in [0.29, 0.717) is 0 Å². The van der Waals surface area contributed by atoms with Gasteiger partial charge in [0.1, 0.15) is 0 Å². The highest BCUT2D eigenvalue weighted by atomic mass is 16.5. The minimum absolute atomic E-state index is 0.769. The number of rotatable bonds is 6. The van der Waals surface area contributed by atoms with Gasteiger partial charge < -0.3 is 15.0 Å². The number of aliphatic imine (C=N–C) groups is 1. The Morgan fingerprint density at radius 3 is 2.43 bits per heavy atom. The molecule has 0 spiro atoms. The van der Waals surface area contributed by atoms with E-state index in [4.69, 9.17) is 4.74 Å². The zero-order valence-corrected chi connectivity index (χ0v) is 17.3. The summed E-state index contributed by atoms with van der Waals surface area (Å²) in [6.45, 7) is 8.35. The lowest BCUT2D eigenvalue weighted by atomic mass is 10.1. The zero-order valence-electron chi connectivity index (χ0n) is 17.3. The van der Waals surface area contributed by atoms with E-state index in [1.807, 2.05) is 7.05 Å². The fraction of sp³-hybridized carbons (Fsp3) is 0.435. The molecule has 1 aliphatic rings. The van der Waals surface area contributed by atoms with Crippen LogP contribution in [0.2, 0.25) is 0 Å². The monoisotopic (exact) mass is 380 g/mol. The van der Waals surface area contributed by atoms with Crippen molar-refractivity contribution in [3.63, 3.8) is 0 Å². The van der Waals surface area contributed by atoms with E-state index >= 15 is 0 Å². The van der Waals surface area contributed by atoms with Gasteiger partial charge >= 0.3 is 0 Å². The summed E-state index contributed by atoms with van der Waals surface area (Å²) in [7, 11) is 3.92. The standard InChI is InChI=1S/C23H32N4O/c1-19-8-10-20(11-9-19)17-26(3)23(24-2)25-16-21-6-4-5-7-22(21)18-27-12-14-28-15-13-27/h4-11H,12-18H2,1-3H3,(H,24,25). The van der Waals surface area contributed by atoms with Gasteiger partial charge in [-0.1, -0.05) is 54.1 Å². The molecule has 1 fully saturated rings. The molecule has 1 aliphatic heterocycles. The van der Waals surface area contributed by atoms with Gasteiger partial charge in [-0.05, 0) is 23.6 Å². The maximum Gasteiger partial charge on any atom is 0.193 e. The Labute approximate surface area is 169 Å². The molecule has 150 valence electrons. The van der Waals surface area contributed by atoms with Crippen LogP contribution in [-0.2, 0) is 24.4 Å². The van der Waals surface area contributed by atoms with Crippen LogP contribution in [0.5, 0.6) is 0 Å². The van der Waals surface area contributed by atoms with E-state index in [-0.39, 0.29) is 0 Å². The third-order valence-electron chi connectivity index (χ3n) is 5.17. The maximum absolute atomic E-state index is 5.47. The van der Waals surface area contributed by atoms with Crippen LogP contribution >= 0.6 is 0 Å². The van der Waals surface area contributed by atoms with Crippen LogP contribution in [0.1, 0.15) is 22.3 Å². The van der Waals surface area contributed by atoms with E-state index in [1.54, 1.807) is 0 Å². The van der Waals surface area contributed by atoms with Crippen molar-refractivity contribution in [2.24, 2.45) is 4.99 Å². The lowest BCUT2D eigenvalue weighted by Gasteiger charge is -2.28. The summed E-state index contributed by atoms with van der Waals surface area (Å²) in [6, 6.07) is 17.3. The van der Waals surface area contributed by atoms with Crippen molar-refractivity contribution in [1.82, 2.24) is 15.1 Å². The number of ether oxygens (including phenoxy) is 1. The molecule has 1 saturated heterocycles. The highest BCUT2D eigenvalue weighted by Crippen LogP contribution is 2.13. The molecule has 3 rings (SSSR count). The number of hydrogen-bond acceptors (Lipinski definition) is 3. The third kappa shape index (κ3) is 5.81. The summed E-state index contributed by atoms with van der Waals surface area (Å²) in [6.07, 6.45) is 0. The summed E-state index contributed by atoms with van der Waals surface area (Å²) in [5.41, 5.74) is 5.25. The number of morpholine rings is 1. The molecule has 0 radical (unpaired) electrons. The van der Waals surface area contributed by atoms with Crippen molar-refractivity contribution in [1.29, 1.82) is 0 Å². The number of benzene rings is 2. The molecule has 0 atom stereocenters. The SMILES string of the molecule is CN=C(NCc1ccccc1CN1CCOCC1)N(C)Cc1ccc(C)cc1. The Balaban J connectivity index is 1.59. The number of nitrogens with zero attached hydrogens (tertiary/aromatic N) is 3. The molecule has 0 unspecified atom stereocenters. The Kier molecular flexibility index (Phi) is 7.46. The second kappa shape index (κ2) is 10.2. The van der Waals surface area contributed by atoms with Gasteiger partial charge in [0.05, 0.1) is 13.2 Å².